The van der Waals surface area contributed by atoms with E-state index in [1.807, 2.05) is 0 Å². The van der Waals surface area contributed by atoms with Gasteiger partial charge in [0.05, 0.1) is 17.4 Å². The summed E-state index contributed by atoms with van der Waals surface area (Å²) in [6.07, 6.45) is -3.35. The summed E-state index contributed by atoms with van der Waals surface area (Å²) in [4.78, 5) is 12.4. The highest BCUT2D eigenvalue weighted by Crippen LogP contribution is 2.45. The topological polar surface area (TPSA) is 34.9 Å². The van der Waals surface area contributed by atoms with Gasteiger partial charge in [0.25, 0.3) is 0 Å². The summed E-state index contributed by atoms with van der Waals surface area (Å²) in [5, 5.41) is 5.05. The van der Waals surface area contributed by atoms with Gasteiger partial charge in [0.15, 0.2) is 0 Å². The molecule has 0 saturated carbocycles. The quantitative estimate of drug-likeness (QED) is 0.334. The summed E-state index contributed by atoms with van der Waals surface area (Å²) >= 11 is 0. The Hall–Kier alpha value is -3.48. The fourth-order valence-corrected chi connectivity index (χ4v) is 4.19. The van der Waals surface area contributed by atoms with E-state index in [0.29, 0.717) is 27.7 Å². The maximum absolute atomic E-state index is 13.4. The predicted octanol–water partition coefficient (Wildman–Crippen LogP) is 6.45. The van der Waals surface area contributed by atoms with E-state index in [9.17, 15) is 22.4 Å². The Labute approximate surface area is 182 Å². The minimum atomic E-state index is -4.95. The SMILES string of the molecule is CC(C)(C(=O)C(F)(F)F)C(c1ccccc1)c1ccc2c(cnn2-c2ccc(F)cc2)c1. The molecule has 0 spiro atoms. The number of alkyl halides is 3. The lowest BCUT2D eigenvalue weighted by Gasteiger charge is -2.34. The molecule has 0 aliphatic heterocycles. The Morgan fingerprint density at radius 2 is 1.56 bits per heavy atom. The Balaban J connectivity index is 1.84. The molecule has 0 aliphatic rings. The molecule has 0 fully saturated rings. The van der Waals surface area contributed by atoms with E-state index >= 15 is 0 Å². The maximum atomic E-state index is 13.4. The molecule has 0 saturated heterocycles. The van der Waals surface area contributed by atoms with Crippen LogP contribution in [0.25, 0.3) is 16.6 Å². The zero-order chi connectivity index (χ0) is 23.1. The summed E-state index contributed by atoms with van der Waals surface area (Å²) in [5.74, 6) is -2.97. The molecule has 1 atom stereocenters. The van der Waals surface area contributed by atoms with Gasteiger partial charge in [-0.1, -0.05) is 50.2 Å². The lowest BCUT2D eigenvalue weighted by molar-refractivity contribution is -0.181. The third-order valence-corrected chi connectivity index (χ3v) is 5.69. The molecule has 0 aliphatic carbocycles. The monoisotopic (exact) mass is 440 g/mol. The molecule has 0 amide bonds. The number of aromatic nitrogens is 2. The Morgan fingerprint density at radius 3 is 2.19 bits per heavy atom. The molecule has 1 aromatic heterocycles. The second kappa shape index (κ2) is 7.89. The van der Waals surface area contributed by atoms with E-state index < -0.39 is 23.3 Å². The molecule has 3 nitrogen and oxygen atoms in total. The van der Waals surface area contributed by atoms with E-state index in [0.717, 1.165) is 0 Å². The van der Waals surface area contributed by atoms with Crippen LogP contribution in [-0.2, 0) is 4.79 Å². The van der Waals surface area contributed by atoms with Crippen LogP contribution >= 0.6 is 0 Å². The number of ketones is 1. The van der Waals surface area contributed by atoms with Crippen LogP contribution in [0.2, 0.25) is 0 Å². The van der Waals surface area contributed by atoms with Crippen LogP contribution in [-0.4, -0.2) is 21.7 Å². The van der Waals surface area contributed by atoms with Crippen molar-refractivity contribution in [3.8, 4) is 5.69 Å². The van der Waals surface area contributed by atoms with Gasteiger partial charge in [-0.15, -0.1) is 0 Å². The minimum absolute atomic E-state index is 0.366. The molecule has 4 rings (SSSR count). The average Bonchev–Trinajstić information content (AvgIpc) is 3.17. The first-order valence-electron chi connectivity index (χ1n) is 9.99. The highest BCUT2D eigenvalue weighted by atomic mass is 19.4. The van der Waals surface area contributed by atoms with Gasteiger partial charge in [0.1, 0.15) is 5.82 Å². The molecule has 3 aromatic carbocycles. The second-order valence-corrected chi connectivity index (χ2v) is 8.24. The van der Waals surface area contributed by atoms with E-state index in [2.05, 4.69) is 5.10 Å². The normalized spacial score (nSPS) is 13.3. The third kappa shape index (κ3) is 3.90. The third-order valence-electron chi connectivity index (χ3n) is 5.69. The van der Waals surface area contributed by atoms with Crippen LogP contribution < -0.4 is 0 Å². The van der Waals surface area contributed by atoms with Crippen LogP contribution in [0.1, 0.15) is 30.9 Å². The number of nitrogens with zero attached hydrogens (tertiary/aromatic N) is 2. The molecule has 0 radical (unpaired) electrons. The Morgan fingerprint density at radius 1 is 0.906 bits per heavy atom. The average molecular weight is 440 g/mol. The highest BCUT2D eigenvalue weighted by molar-refractivity contribution is 5.91. The van der Waals surface area contributed by atoms with Crippen molar-refractivity contribution in [2.24, 2.45) is 5.41 Å². The zero-order valence-corrected chi connectivity index (χ0v) is 17.4. The van der Waals surface area contributed by atoms with Crippen molar-refractivity contribution in [3.63, 3.8) is 0 Å². The number of benzene rings is 3. The molecule has 0 bridgehead atoms. The molecular weight excluding hydrogens is 420 g/mol. The van der Waals surface area contributed by atoms with Crippen LogP contribution in [0.5, 0.6) is 0 Å². The molecular formula is C25H20F4N2O. The standard InChI is InChI=1S/C25H20F4N2O/c1-24(2,23(32)25(27,28)29)22(16-6-4-3-5-7-16)17-8-13-21-18(14-17)15-30-31(21)20-11-9-19(26)10-12-20/h3-15,22H,1-2H3. The van der Waals surface area contributed by atoms with Gasteiger partial charge < -0.3 is 0 Å². The van der Waals surface area contributed by atoms with Crippen LogP contribution in [0.15, 0.2) is 79.0 Å². The second-order valence-electron chi connectivity index (χ2n) is 8.24. The van der Waals surface area contributed by atoms with E-state index in [4.69, 9.17) is 0 Å². The van der Waals surface area contributed by atoms with Gasteiger partial charge in [0, 0.05) is 16.7 Å². The van der Waals surface area contributed by atoms with Crippen molar-refractivity contribution in [2.45, 2.75) is 25.9 Å². The number of rotatable bonds is 5. The molecule has 7 heteroatoms. The van der Waals surface area contributed by atoms with E-state index in [-0.39, 0.29) is 5.82 Å². The van der Waals surface area contributed by atoms with Crippen LogP contribution in [0.4, 0.5) is 17.6 Å². The van der Waals surface area contributed by atoms with Gasteiger partial charge in [-0.25, -0.2) is 9.07 Å². The first-order chi connectivity index (χ1) is 15.1. The maximum Gasteiger partial charge on any atom is 0.450 e. The number of Topliss-reactive ketones (excluding diaryl/α,β-unsaturated/α-hetero) is 1. The van der Waals surface area contributed by atoms with E-state index in [1.165, 1.54) is 26.0 Å². The fourth-order valence-electron chi connectivity index (χ4n) is 4.19. The minimum Gasteiger partial charge on any atom is -0.289 e. The van der Waals surface area contributed by atoms with Crippen molar-refractivity contribution in [1.82, 2.24) is 9.78 Å². The molecule has 1 unspecified atom stereocenters. The summed E-state index contributed by atoms with van der Waals surface area (Å²) in [6.45, 7) is 2.65. The number of hydrogen-bond acceptors (Lipinski definition) is 2. The smallest absolute Gasteiger partial charge is 0.289 e. The predicted molar refractivity (Wildman–Crippen MR) is 114 cm³/mol. The highest BCUT2D eigenvalue weighted by Gasteiger charge is 2.51. The molecule has 164 valence electrons. The summed E-state index contributed by atoms with van der Waals surface area (Å²) < 4.78 is 55.2. The van der Waals surface area contributed by atoms with Crippen molar-refractivity contribution < 1.29 is 22.4 Å². The van der Waals surface area contributed by atoms with Gasteiger partial charge in [-0.3, -0.25) is 4.79 Å². The first kappa shape index (κ1) is 21.7. The number of carbonyl (C=O) groups is 1. The number of fused-ring (bicyclic) bond motifs is 1. The largest absolute Gasteiger partial charge is 0.450 e. The summed E-state index contributed by atoms with van der Waals surface area (Å²) in [7, 11) is 0. The number of hydrogen-bond donors (Lipinski definition) is 0. The van der Waals surface area contributed by atoms with Crippen molar-refractivity contribution in [3.05, 3.63) is 95.9 Å². The van der Waals surface area contributed by atoms with Crippen LogP contribution in [0.3, 0.4) is 0 Å². The van der Waals surface area contributed by atoms with Gasteiger partial charge in [0.2, 0.25) is 5.78 Å². The van der Waals surface area contributed by atoms with Gasteiger partial charge in [-0.05, 0) is 47.5 Å². The zero-order valence-electron chi connectivity index (χ0n) is 17.4. The Bertz CT molecular complexity index is 1260. The summed E-state index contributed by atoms with van der Waals surface area (Å²) in [5.41, 5.74) is 0.819. The Kier molecular flexibility index (Phi) is 5.36. The fraction of sp³-hybridized carbons (Fsp3) is 0.200. The van der Waals surface area contributed by atoms with Gasteiger partial charge >= 0.3 is 6.18 Å². The first-order valence-corrected chi connectivity index (χ1v) is 9.99. The molecule has 1 heterocycles. The molecule has 0 N–H and O–H groups in total. The molecule has 4 aromatic rings. The lowest BCUT2D eigenvalue weighted by Crippen LogP contribution is -2.41. The van der Waals surface area contributed by atoms with Crippen LogP contribution in [0, 0.1) is 11.2 Å². The van der Waals surface area contributed by atoms with Crippen molar-refractivity contribution in [2.75, 3.05) is 0 Å². The molecule has 32 heavy (non-hydrogen) atoms. The summed E-state index contributed by atoms with van der Waals surface area (Å²) in [6, 6.07) is 19.8. The number of halogens is 4. The van der Waals surface area contributed by atoms with Gasteiger partial charge in [-0.2, -0.15) is 18.3 Å². The van der Waals surface area contributed by atoms with Crippen molar-refractivity contribution in [1.29, 1.82) is 0 Å². The van der Waals surface area contributed by atoms with E-state index in [1.54, 1.807) is 71.5 Å². The lowest BCUT2D eigenvalue weighted by atomic mass is 9.68. The number of carbonyl (C=O) groups excluding carboxylic acids is 1. The van der Waals surface area contributed by atoms with Crippen molar-refractivity contribution >= 4 is 16.7 Å².